The third-order valence-corrected chi connectivity index (χ3v) is 3.38. The molecular formula is C13H12N2O3. The largest absolute Gasteiger partial charge is 0.479 e. The smallest absolute Gasteiger partial charge is 0.265 e. The molecular weight excluding hydrogens is 232 g/mol. The van der Waals surface area contributed by atoms with Gasteiger partial charge in [0.05, 0.1) is 25.0 Å². The van der Waals surface area contributed by atoms with Gasteiger partial charge in [-0.05, 0) is 24.6 Å². The second kappa shape index (κ2) is 3.72. The van der Waals surface area contributed by atoms with E-state index in [4.69, 9.17) is 9.47 Å². The van der Waals surface area contributed by atoms with Crippen molar-refractivity contribution in [2.24, 2.45) is 0 Å². The Kier molecular flexibility index (Phi) is 2.28. The van der Waals surface area contributed by atoms with Crippen LogP contribution in [0.2, 0.25) is 0 Å². The zero-order valence-corrected chi connectivity index (χ0v) is 9.90. The highest BCUT2D eigenvalue weighted by Crippen LogP contribution is 2.38. The Labute approximate surface area is 104 Å². The average molecular weight is 244 g/mol. The maximum atomic E-state index is 11.5. The van der Waals surface area contributed by atoms with Gasteiger partial charge in [-0.1, -0.05) is 6.07 Å². The van der Waals surface area contributed by atoms with Crippen LogP contribution in [0.3, 0.4) is 0 Å². The summed E-state index contributed by atoms with van der Waals surface area (Å²) in [6.07, 6.45) is -0.511. The predicted octanol–water partition coefficient (Wildman–Crippen LogP) is 1.20. The number of nitrogens with zero attached hydrogens (tertiary/aromatic N) is 1. The molecule has 1 aromatic carbocycles. The molecule has 92 valence electrons. The maximum Gasteiger partial charge on any atom is 0.265 e. The topological polar surface area (TPSA) is 71.3 Å². The van der Waals surface area contributed by atoms with E-state index in [0.29, 0.717) is 24.7 Å². The van der Waals surface area contributed by atoms with E-state index < -0.39 is 11.5 Å². The quantitative estimate of drug-likeness (QED) is 0.805. The molecule has 3 rings (SSSR count). The van der Waals surface area contributed by atoms with E-state index in [1.165, 1.54) is 0 Å². The highest BCUT2D eigenvalue weighted by molar-refractivity contribution is 5.97. The lowest BCUT2D eigenvalue weighted by Crippen LogP contribution is -2.45. The second-order valence-corrected chi connectivity index (χ2v) is 4.65. The van der Waals surface area contributed by atoms with Crippen molar-refractivity contribution in [3.8, 4) is 11.8 Å². The highest BCUT2D eigenvalue weighted by atomic mass is 16.5. The van der Waals surface area contributed by atoms with Gasteiger partial charge >= 0.3 is 0 Å². The normalized spacial score (nSPS) is 24.0. The van der Waals surface area contributed by atoms with Crippen LogP contribution < -0.4 is 10.1 Å². The Morgan fingerprint density at radius 1 is 1.50 bits per heavy atom. The Balaban J connectivity index is 1.99. The summed E-state index contributed by atoms with van der Waals surface area (Å²) in [5.74, 6) is 0.457. The minimum atomic E-state index is -0.566. The zero-order chi connectivity index (χ0) is 12.8. The SMILES string of the molecule is CC1Oc2cc(C3(C#N)COC3)ccc2NC1=O. The van der Waals surface area contributed by atoms with E-state index in [1.54, 1.807) is 13.0 Å². The molecule has 1 amide bonds. The number of fused-ring (bicyclic) bond motifs is 1. The van der Waals surface area contributed by atoms with E-state index in [9.17, 15) is 10.1 Å². The van der Waals surface area contributed by atoms with Gasteiger partial charge in [0.15, 0.2) is 6.10 Å². The van der Waals surface area contributed by atoms with Gasteiger partial charge in [-0.3, -0.25) is 4.79 Å². The molecule has 0 spiro atoms. The van der Waals surface area contributed by atoms with E-state index >= 15 is 0 Å². The molecule has 2 aliphatic heterocycles. The molecule has 0 aliphatic carbocycles. The molecule has 2 heterocycles. The summed E-state index contributed by atoms with van der Waals surface area (Å²) in [4.78, 5) is 11.5. The number of hydrogen-bond donors (Lipinski definition) is 1. The Hall–Kier alpha value is -2.06. The van der Waals surface area contributed by atoms with Crippen LogP contribution >= 0.6 is 0 Å². The first-order valence-electron chi connectivity index (χ1n) is 5.76. The van der Waals surface area contributed by atoms with Gasteiger partial charge in [0.2, 0.25) is 0 Å². The van der Waals surface area contributed by atoms with Gasteiger partial charge in [-0.25, -0.2) is 0 Å². The molecule has 0 saturated carbocycles. The van der Waals surface area contributed by atoms with Gasteiger partial charge in [0, 0.05) is 0 Å². The third kappa shape index (κ3) is 1.46. The molecule has 1 aromatic rings. The van der Waals surface area contributed by atoms with E-state index in [2.05, 4.69) is 11.4 Å². The molecule has 1 unspecified atom stereocenters. The van der Waals surface area contributed by atoms with Crippen LogP contribution in [-0.2, 0) is 14.9 Å². The van der Waals surface area contributed by atoms with Gasteiger partial charge in [-0.15, -0.1) is 0 Å². The van der Waals surface area contributed by atoms with E-state index in [1.807, 2.05) is 12.1 Å². The summed E-state index contributed by atoms with van der Waals surface area (Å²) >= 11 is 0. The number of amides is 1. The predicted molar refractivity (Wildman–Crippen MR) is 63.3 cm³/mol. The Morgan fingerprint density at radius 2 is 2.28 bits per heavy atom. The van der Waals surface area contributed by atoms with E-state index in [0.717, 1.165) is 5.56 Å². The van der Waals surface area contributed by atoms with Crippen LogP contribution in [0.1, 0.15) is 12.5 Å². The Morgan fingerprint density at radius 3 is 2.89 bits per heavy atom. The summed E-state index contributed by atoms with van der Waals surface area (Å²) in [5, 5.41) is 12.0. The number of benzene rings is 1. The van der Waals surface area contributed by atoms with Crippen molar-refractivity contribution in [1.82, 2.24) is 0 Å². The first-order valence-corrected chi connectivity index (χ1v) is 5.76. The van der Waals surface area contributed by atoms with Crippen molar-refractivity contribution >= 4 is 11.6 Å². The third-order valence-electron chi connectivity index (χ3n) is 3.38. The summed E-state index contributed by atoms with van der Waals surface area (Å²) in [6.45, 7) is 2.51. The first-order chi connectivity index (χ1) is 8.64. The standard InChI is InChI=1S/C13H12N2O3/c1-8-12(16)15-10-3-2-9(4-11(10)18-8)13(5-14)6-17-7-13/h2-4,8H,6-7H2,1H3,(H,15,16). The van der Waals surface area contributed by atoms with E-state index in [-0.39, 0.29) is 5.91 Å². The molecule has 18 heavy (non-hydrogen) atoms. The molecule has 1 fully saturated rings. The van der Waals surface area contributed by atoms with Crippen LogP contribution in [0.4, 0.5) is 5.69 Å². The molecule has 1 N–H and O–H groups in total. The van der Waals surface area contributed by atoms with Gasteiger partial charge in [0.25, 0.3) is 5.91 Å². The number of anilines is 1. The number of ether oxygens (including phenoxy) is 2. The molecule has 2 aliphatic rings. The lowest BCUT2D eigenvalue weighted by atomic mass is 9.80. The number of carbonyl (C=O) groups is 1. The van der Waals surface area contributed by atoms with Crippen LogP contribution in [-0.4, -0.2) is 25.2 Å². The highest BCUT2D eigenvalue weighted by Gasteiger charge is 2.41. The summed E-state index contributed by atoms with van der Waals surface area (Å²) in [5.41, 5.74) is 0.955. The molecule has 0 bridgehead atoms. The summed E-state index contributed by atoms with van der Waals surface area (Å²) in [6, 6.07) is 7.71. The Bertz CT molecular complexity index is 558. The average Bonchev–Trinajstić information content (AvgIpc) is 2.30. The number of rotatable bonds is 1. The summed E-state index contributed by atoms with van der Waals surface area (Å²) in [7, 11) is 0. The summed E-state index contributed by atoms with van der Waals surface area (Å²) < 4.78 is 10.7. The van der Waals surface area contributed by atoms with Crippen LogP contribution in [0.25, 0.3) is 0 Å². The minimum Gasteiger partial charge on any atom is -0.479 e. The number of nitriles is 1. The van der Waals surface area contributed by atoms with Gasteiger partial charge in [0.1, 0.15) is 11.2 Å². The lowest BCUT2D eigenvalue weighted by molar-refractivity contribution is -0.122. The molecule has 0 aromatic heterocycles. The van der Waals surface area contributed by atoms with Gasteiger partial charge in [-0.2, -0.15) is 5.26 Å². The fourth-order valence-electron chi connectivity index (χ4n) is 2.10. The van der Waals surface area contributed by atoms with Crippen LogP contribution in [0.5, 0.6) is 5.75 Å². The van der Waals surface area contributed by atoms with Crippen molar-refractivity contribution in [3.05, 3.63) is 23.8 Å². The second-order valence-electron chi connectivity index (χ2n) is 4.65. The van der Waals surface area contributed by atoms with Crippen molar-refractivity contribution in [3.63, 3.8) is 0 Å². The number of nitrogens with one attached hydrogen (secondary N) is 1. The lowest BCUT2D eigenvalue weighted by Gasteiger charge is -2.36. The first kappa shape index (κ1) is 11.1. The van der Waals surface area contributed by atoms with Crippen LogP contribution in [0, 0.1) is 11.3 Å². The fourth-order valence-corrected chi connectivity index (χ4v) is 2.10. The zero-order valence-electron chi connectivity index (χ0n) is 9.90. The van der Waals surface area contributed by atoms with Crippen LogP contribution in [0.15, 0.2) is 18.2 Å². The molecule has 1 saturated heterocycles. The van der Waals surface area contributed by atoms with Crippen molar-refractivity contribution in [2.75, 3.05) is 18.5 Å². The number of carbonyl (C=O) groups excluding carboxylic acids is 1. The van der Waals surface area contributed by atoms with Crippen molar-refractivity contribution in [1.29, 1.82) is 5.26 Å². The maximum absolute atomic E-state index is 11.5. The molecule has 5 nitrogen and oxygen atoms in total. The number of hydrogen-bond acceptors (Lipinski definition) is 4. The van der Waals surface area contributed by atoms with Crippen molar-refractivity contribution < 1.29 is 14.3 Å². The monoisotopic (exact) mass is 244 g/mol. The molecule has 5 heteroatoms. The minimum absolute atomic E-state index is 0.155. The fraction of sp³-hybridized carbons (Fsp3) is 0.385. The molecule has 1 atom stereocenters. The molecule has 0 radical (unpaired) electrons. The van der Waals surface area contributed by atoms with Gasteiger partial charge < -0.3 is 14.8 Å². The van der Waals surface area contributed by atoms with Crippen molar-refractivity contribution in [2.45, 2.75) is 18.4 Å².